The second kappa shape index (κ2) is 9.12. The van der Waals surface area contributed by atoms with Crippen molar-refractivity contribution in [3.63, 3.8) is 0 Å². The lowest BCUT2D eigenvalue weighted by atomic mass is 10.2. The van der Waals surface area contributed by atoms with Crippen molar-refractivity contribution in [1.82, 2.24) is 15.1 Å². The minimum atomic E-state index is -0.337. The first-order chi connectivity index (χ1) is 12.6. The van der Waals surface area contributed by atoms with Gasteiger partial charge in [-0.05, 0) is 35.9 Å². The van der Waals surface area contributed by atoms with Crippen molar-refractivity contribution < 1.29 is 9.18 Å². The SMILES string of the molecule is O=C(NCCN1CCN(Cc2ccccc2Cl)CC1)c1ccc(F)cc1. The zero-order valence-corrected chi connectivity index (χ0v) is 15.4. The number of carbonyl (C=O) groups excluding carboxylic acids is 1. The van der Waals surface area contributed by atoms with E-state index in [1.807, 2.05) is 18.2 Å². The van der Waals surface area contributed by atoms with Crippen molar-refractivity contribution in [2.24, 2.45) is 0 Å². The number of rotatable bonds is 6. The van der Waals surface area contributed by atoms with Crippen LogP contribution in [0.15, 0.2) is 48.5 Å². The van der Waals surface area contributed by atoms with Crippen LogP contribution >= 0.6 is 11.6 Å². The van der Waals surface area contributed by atoms with Crippen LogP contribution in [0.2, 0.25) is 5.02 Å². The van der Waals surface area contributed by atoms with Gasteiger partial charge in [0, 0.05) is 56.4 Å². The summed E-state index contributed by atoms with van der Waals surface area (Å²) in [4.78, 5) is 16.8. The maximum absolute atomic E-state index is 12.9. The van der Waals surface area contributed by atoms with Crippen LogP contribution in [0.5, 0.6) is 0 Å². The van der Waals surface area contributed by atoms with Crippen molar-refractivity contribution in [1.29, 1.82) is 0 Å². The highest BCUT2D eigenvalue weighted by molar-refractivity contribution is 6.31. The normalized spacial score (nSPS) is 15.8. The lowest BCUT2D eigenvalue weighted by molar-refractivity contribution is 0.0934. The van der Waals surface area contributed by atoms with Crippen molar-refractivity contribution in [3.8, 4) is 0 Å². The molecule has 1 heterocycles. The van der Waals surface area contributed by atoms with E-state index in [-0.39, 0.29) is 11.7 Å². The van der Waals surface area contributed by atoms with Gasteiger partial charge in [0.15, 0.2) is 0 Å². The molecule has 1 N–H and O–H groups in total. The Kier molecular flexibility index (Phi) is 6.61. The minimum Gasteiger partial charge on any atom is -0.351 e. The van der Waals surface area contributed by atoms with Gasteiger partial charge in [0.2, 0.25) is 0 Å². The Morgan fingerprint density at radius 3 is 2.35 bits per heavy atom. The second-order valence-electron chi connectivity index (χ2n) is 6.47. The molecule has 1 aliphatic rings. The molecule has 0 atom stereocenters. The molecule has 2 aromatic carbocycles. The van der Waals surface area contributed by atoms with Crippen LogP contribution in [0.1, 0.15) is 15.9 Å². The third-order valence-corrected chi connectivity index (χ3v) is 5.01. The Bertz CT molecular complexity index is 730. The van der Waals surface area contributed by atoms with E-state index >= 15 is 0 Å². The zero-order chi connectivity index (χ0) is 18.4. The summed E-state index contributed by atoms with van der Waals surface area (Å²) in [6.07, 6.45) is 0. The molecule has 3 rings (SSSR count). The van der Waals surface area contributed by atoms with Crippen LogP contribution in [0, 0.1) is 5.82 Å². The lowest BCUT2D eigenvalue weighted by Crippen LogP contribution is -2.48. The fraction of sp³-hybridized carbons (Fsp3) is 0.350. The topological polar surface area (TPSA) is 35.6 Å². The molecule has 0 aliphatic carbocycles. The third-order valence-electron chi connectivity index (χ3n) is 4.64. The highest BCUT2D eigenvalue weighted by Crippen LogP contribution is 2.17. The molecule has 1 amide bonds. The molecule has 0 radical (unpaired) electrons. The van der Waals surface area contributed by atoms with Crippen molar-refractivity contribution >= 4 is 17.5 Å². The number of piperazine rings is 1. The summed E-state index contributed by atoms with van der Waals surface area (Å²) < 4.78 is 12.9. The van der Waals surface area contributed by atoms with Gasteiger partial charge in [-0.15, -0.1) is 0 Å². The summed E-state index contributed by atoms with van der Waals surface area (Å²) in [6.45, 7) is 6.17. The molecule has 0 aromatic heterocycles. The largest absolute Gasteiger partial charge is 0.351 e. The number of amides is 1. The number of nitrogens with zero attached hydrogens (tertiary/aromatic N) is 2. The fourth-order valence-corrected chi connectivity index (χ4v) is 3.26. The molecular weight excluding hydrogens is 353 g/mol. The van der Waals surface area contributed by atoms with E-state index in [1.54, 1.807) is 0 Å². The standard InChI is InChI=1S/C20H23ClFN3O/c21-19-4-2-1-3-17(19)15-25-13-11-24(12-14-25)10-9-23-20(26)16-5-7-18(22)8-6-16/h1-8H,9-15H2,(H,23,26). The summed E-state index contributed by atoms with van der Waals surface area (Å²) in [5.41, 5.74) is 1.64. The third kappa shape index (κ3) is 5.27. The number of hydrogen-bond acceptors (Lipinski definition) is 3. The van der Waals surface area contributed by atoms with Crippen LogP contribution in [-0.2, 0) is 6.54 Å². The highest BCUT2D eigenvalue weighted by atomic mass is 35.5. The van der Waals surface area contributed by atoms with E-state index in [9.17, 15) is 9.18 Å². The highest BCUT2D eigenvalue weighted by Gasteiger charge is 2.17. The molecule has 1 aliphatic heterocycles. The van der Waals surface area contributed by atoms with Crippen LogP contribution in [0.4, 0.5) is 4.39 Å². The molecule has 0 spiro atoms. The summed E-state index contributed by atoms with van der Waals surface area (Å²) >= 11 is 6.23. The Labute approximate surface area is 158 Å². The van der Waals surface area contributed by atoms with Crippen LogP contribution in [0.3, 0.4) is 0 Å². The van der Waals surface area contributed by atoms with Crippen LogP contribution in [0.25, 0.3) is 0 Å². The summed E-state index contributed by atoms with van der Waals surface area (Å²) in [5.74, 6) is -0.501. The molecule has 0 unspecified atom stereocenters. The molecule has 2 aromatic rings. The number of nitrogens with one attached hydrogen (secondary N) is 1. The first-order valence-electron chi connectivity index (χ1n) is 8.84. The van der Waals surface area contributed by atoms with E-state index in [2.05, 4.69) is 21.2 Å². The minimum absolute atomic E-state index is 0.164. The summed E-state index contributed by atoms with van der Waals surface area (Å²) in [6, 6.07) is 13.6. The van der Waals surface area contributed by atoms with Gasteiger partial charge in [-0.3, -0.25) is 14.6 Å². The Morgan fingerprint density at radius 1 is 1.00 bits per heavy atom. The molecule has 138 valence electrons. The fourth-order valence-electron chi connectivity index (χ4n) is 3.07. The molecular formula is C20H23ClFN3O. The molecule has 26 heavy (non-hydrogen) atoms. The average Bonchev–Trinajstić information content (AvgIpc) is 2.65. The molecule has 1 fully saturated rings. The van der Waals surface area contributed by atoms with Gasteiger partial charge < -0.3 is 5.32 Å². The van der Waals surface area contributed by atoms with Gasteiger partial charge in [0.1, 0.15) is 5.82 Å². The lowest BCUT2D eigenvalue weighted by Gasteiger charge is -2.34. The Hall–Kier alpha value is -1.95. The van der Waals surface area contributed by atoms with Gasteiger partial charge in [-0.25, -0.2) is 4.39 Å². The number of halogens is 2. The van der Waals surface area contributed by atoms with Gasteiger partial charge in [0.05, 0.1) is 0 Å². The van der Waals surface area contributed by atoms with Crippen molar-refractivity contribution in [3.05, 3.63) is 70.5 Å². The van der Waals surface area contributed by atoms with E-state index in [0.717, 1.165) is 49.9 Å². The monoisotopic (exact) mass is 375 g/mol. The van der Waals surface area contributed by atoms with Gasteiger partial charge in [-0.2, -0.15) is 0 Å². The number of carbonyl (C=O) groups is 1. The molecule has 1 saturated heterocycles. The summed E-state index contributed by atoms with van der Waals surface area (Å²) in [5, 5.41) is 3.71. The van der Waals surface area contributed by atoms with E-state index in [4.69, 9.17) is 11.6 Å². The number of hydrogen-bond donors (Lipinski definition) is 1. The first-order valence-corrected chi connectivity index (χ1v) is 9.21. The van der Waals surface area contributed by atoms with Gasteiger partial charge >= 0.3 is 0 Å². The maximum Gasteiger partial charge on any atom is 0.251 e. The zero-order valence-electron chi connectivity index (χ0n) is 14.6. The predicted molar refractivity (Wildman–Crippen MR) is 102 cm³/mol. The Morgan fingerprint density at radius 2 is 1.65 bits per heavy atom. The smallest absolute Gasteiger partial charge is 0.251 e. The molecule has 4 nitrogen and oxygen atoms in total. The van der Waals surface area contributed by atoms with Gasteiger partial charge in [0.25, 0.3) is 5.91 Å². The average molecular weight is 376 g/mol. The molecule has 6 heteroatoms. The molecule has 0 saturated carbocycles. The molecule has 0 bridgehead atoms. The van der Waals surface area contributed by atoms with E-state index in [0.29, 0.717) is 12.1 Å². The number of benzene rings is 2. The van der Waals surface area contributed by atoms with Crippen molar-refractivity contribution in [2.45, 2.75) is 6.54 Å². The van der Waals surface area contributed by atoms with E-state index < -0.39 is 0 Å². The van der Waals surface area contributed by atoms with Crippen LogP contribution in [-0.4, -0.2) is 55.0 Å². The van der Waals surface area contributed by atoms with E-state index in [1.165, 1.54) is 24.3 Å². The quantitative estimate of drug-likeness (QED) is 0.843. The first kappa shape index (κ1) is 18.8. The summed E-state index contributed by atoms with van der Waals surface area (Å²) in [7, 11) is 0. The maximum atomic E-state index is 12.9. The van der Waals surface area contributed by atoms with Gasteiger partial charge in [-0.1, -0.05) is 29.8 Å². The Balaban J connectivity index is 1.37. The predicted octanol–water partition coefficient (Wildman–Crippen LogP) is 3.03. The van der Waals surface area contributed by atoms with Crippen LogP contribution < -0.4 is 5.32 Å². The van der Waals surface area contributed by atoms with Crippen molar-refractivity contribution in [2.75, 3.05) is 39.3 Å². The second-order valence-corrected chi connectivity index (χ2v) is 6.88.